The van der Waals surface area contributed by atoms with E-state index < -0.39 is 0 Å². The normalized spacial score (nSPS) is 16.8. The Kier molecular flexibility index (Phi) is 4.71. The maximum Gasteiger partial charge on any atom is 0.229 e. The van der Waals surface area contributed by atoms with Gasteiger partial charge in [-0.1, -0.05) is 42.5 Å². The minimum atomic E-state index is 0.0929. The first-order valence-corrected chi connectivity index (χ1v) is 9.67. The highest BCUT2D eigenvalue weighted by Gasteiger charge is 2.30. The third-order valence-corrected chi connectivity index (χ3v) is 5.70. The molecule has 1 aromatic heterocycles. The molecule has 2 aromatic carbocycles. The van der Waals surface area contributed by atoms with E-state index in [9.17, 15) is 9.90 Å². The maximum absolute atomic E-state index is 12.9. The SMILES string of the molecule is O=C(Cc1csc(-c2ccccc2)n1)N1CCCC1c1ccc(O)cc1. The van der Waals surface area contributed by atoms with Gasteiger partial charge in [0.05, 0.1) is 18.2 Å². The Morgan fingerprint density at radius 1 is 1.15 bits per heavy atom. The van der Waals surface area contributed by atoms with Gasteiger partial charge in [-0.05, 0) is 30.5 Å². The van der Waals surface area contributed by atoms with Crippen LogP contribution in [0.1, 0.15) is 30.1 Å². The number of nitrogens with zero attached hydrogens (tertiary/aromatic N) is 2. The van der Waals surface area contributed by atoms with Crippen molar-refractivity contribution < 1.29 is 9.90 Å². The van der Waals surface area contributed by atoms with Crippen LogP contribution in [-0.4, -0.2) is 27.4 Å². The summed E-state index contributed by atoms with van der Waals surface area (Å²) in [4.78, 5) is 19.4. The lowest BCUT2D eigenvalue weighted by Crippen LogP contribution is -2.31. The van der Waals surface area contributed by atoms with Crippen molar-refractivity contribution in [3.8, 4) is 16.3 Å². The summed E-state index contributed by atoms with van der Waals surface area (Å²) in [5.41, 5.74) is 2.99. The summed E-state index contributed by atoms with van der Waals surface area (Å²) in [6, 6.07) is 17.3. The molecular weight excluding hydrogens is 344 g/mol. The predicted octanol–water partition coefficient (Wildman–Crippen LogP) is 4.42. The van der Waals surface area contributed by atoms with Crippen molar-refractivity contribution in [1.82, 2.24) is 9.88 Å². The number of hydrogen-bond acceptors (Lipinski definition) is 4. The number of phenolic OH excluding ortho intramolecular Hbond substituents is 1. The molecule has 1 amide bonds. The van der Waals surface area contributed by atoms with Crippen LogP contribution in [0, 0.1) is 0 Å². The summed E-state index contributed by atoms with van der Waals surface area (Å²) >= 11 is 1.58. The first-order chi connectivity index (χ1) is 12.7. The number of amides is 1. The quantitative estimate of drug-likeness (QED) is 0.745. The van der Waals surface area contributed by atoms with Gasteiger partial charge in [0.25, 0.3) is 0 Å². The van der Waals surface area contributed by atoms with Crippen LogP contribution in [-0.2, 0) is 11.2 Å². The Balaban J connectivity index is 1.47. The molecule has 1 aliphatic rings. The second-order valence-corrected chi connectivity index (χ2v) is 7.38. The van der Waals surface area contributed by atoms with Crippen LogP contribution in [0.15, 0.2) is 60.0 Å². The van der Waals surface area contributed by atoms with E-state index in [0.717, 1.165) is 41.2 Å². The molecule has 132 valence electrons. The highest BCUT2D eigenvalue weighted by atomic mass is 32.1. The number of likely N-dealkylation sites (tertiary alicyclic amines) is 1. The molecule has 5 heteroatoms. The zero-order chi connectivity index (χ0) is 17.9. The molecular formula is C21H20N2O2S. The molecule has 0 bridgehead atoms. The molecule has 4 nitrogen and oxygen atoms in total. The molecule has 0 aliphatic carbocycles. The van der Waals surface area contributed by atoms with E-state index in [1.807, 2.05) is 52.7 Å². The number of rotatable bonds is 4. The van der Waals surface area contributed by atoms with Gasteiger partial charge < -0.3 is 10.0 Å². The van der Waals surface area contributed by atoms with E-state index in [0.29, 0.717) is 6.42 Å². The topological polar surface area (TPSA) is 53.4 Å². The molecule has 26 heavy (non-hydrogen) atoms. The number of benzene rings is 2. The second-order valence-electron chi connectivity index (χ2n) is 6.52. The van der Waals surface area contributed by atoms with Crippen molar-refractivity contribution >= 4 is 17.2 Å². The monoisotopic (exact) mass is 364 g/mol. The van der Waals surface area contributed by atoms with Crippen LogP contribution in [0.5, 0.6) is 5.75 Å². The van der Waals surface area contributed by atoms with Crippen molar-refractivity contribution in [2.24, 2.45) is 0 Å². The largest absolute Gasteiger partial charge is 0.508 e. The standard InChI is InChI=1S/C21H20N2O2S/c24-18-10-8-15(9-11-18)19-7-4-12-23(19)20(25)13-17-14-26-21(22-17)16-5-2-1-3-6-16/h1-3,5-6,8-11,14,19,24H,4,7,12-13H2. The van der Waals surface area contributed by atoms with E-state index >= 15 is 0 Å². The van der Waals surface area contributed by atoms with Gasteiger partial charge in [-0.15, -0.1) is 11.3 Å². The van der Waals surface area contributed by atoms with E-state index in [1.165, 1.54) is 0 Å². The summed E-state index contributed by atoms with van der Waals surface area (Å²) in [5, 5.41) is 12.4. The van der Waals surface area contributed by atoms with Gasteiger partial charge in [-0.25, -0.2) is 4.98 Å². The smallest absolute Gasteiger partial charge is 0.229 e. The molecule has 4 rings (SSSR count). The Morgan fingerprint density at radius 3 is 2.69 bits per heavy atom. The summed E-state index contributed by atoms with van der Waals surface area (Å²) in [6.45, 7) is 0.778. The molecule has 1 N–H and O–H groups in total. The van der Waals surface area contributed by atoms with Gasteiger partial charge in [-0.3, -0.25) is 4.79 Å². The fraction of sp³-hybridized carbons (Fsp3) is 0.238. The van der Waals surface area contributed by atoms with Crippen LogP contribution < -0.4 is 0 Å². The number of aromatic hydroxyl groups is 1. The molecule has 3 aromatic rings. The lowest BCUT2D eigenvalue weighted by Gasteiger charge is -2.25. The first-order valence-electron chi connectivity index (χ1n) is 8.79. The zero-order valence-electron chi connectivity index (χ0n) is 14.3. The number of carbonyl (C=O) groups excluding carboxylic acids is 1. The number of phenols is 1. The fourth-order valence-electron chi connectivity index (χ4n) is 3.47. The number of aromatic nitrogens is 1. The summed E-state index contributed by atoms with van der Waals surface area (Å²) in [5.74, 6) is 0.367. The minimum Gasteiger partial charge on any atom is -0.508 e. The van der Waals surface area contributed by atoms with Crippen LogP contribution in [0.3, 0.4) is 0 Å². The van der Waals surface area contributed by atoms with Crippen molar-refractivity contribution in [3.63, 3.8) is 0 Å². The van der Waals surface area contributed by atoms with Gasteiger partial charge in [0, 0.05) is 17.5 Å². The maximum atomic E-state index is 12.9. The third-order valence-electron chi connectivity index (χ3n) is 4.76. The number of carbonyl (C=O) groups is 1. The molecule has 2 heterocycles. The third kappa shape index (κ3) is 3.48. The van der Waals surface area contributed by atoms with E-state index in [1.54, 1.807) is 23.5 Å². The molecule has 1 saturated heterocycles. The van der Waals surface area contributed by atoms with Crippen LogP contribution >= 0.6 is 11.3 Å². The fourth-order valence-corrected chi connectivity index (χ4v) is 4.29. The van der Waals surface area contributed by atoms with Gasteiger partial charge in [0.1, 0.15) is 10.8 Å². The Labute approximate surface area is 156 Å². The van der Waals surface area contributed by atoms with Gasteiger partial charge >= 0.3 is 0 Å². The molecule has 0 radical (unpaired) electrons. The number of hydrogen-bond donors (Lipinski definition) is 1. The minimum absolute atomic E-state index is 0.0929. The summed E-state index contributed by atoms with van der Waals surface area (Å²) in [7, 11) is 0. The molecule has 1 atom stereocenters. The highest BCUT2D eigenvalue weighted by Crippen LogP contribution is 2.33. The predicted molar refractivity (Wildman–Crippen MR) is 103 cm³/mol. The zero-order valence-corrected chi connectivity index (χ0v) is 15.2. The van der Waals surface area contributed by atoms with Gasteiger partial charge in [-0.2, -0.15) is 0 Å². The molecule has 0 saturated carbocycles. The Bertz CT molecular complexity index is 890. The Hall–Kier alpha value is -2.66. The van der Waals surface area contributed by atoms with Crippen molar-refractivity contribution in [1.29, 1.82) is 0 Å². The average Bonchev–Trinajstić information content (AvgIpc) is 3.33. The van der Waals surface area contributed by atoms with Gasteiger partial charge in [0.15, 0.2) is 0 Å². The summed E-state index contributed by atoms with van der Waals surface area (Å²) < 4.78 is 0. The lowest BCUT2D eigenvalue weighted by atomic mass is 10.0. The molecule has 1 unspecified atom stereocenters. The number of thiazole rings is 1. The summed E-state index contributed by atoms with van der Waals surface area (Å²) in [6.07, 6.45) is 2.30. The van der Waals surface area contributed by atoms with Crippen molar-refractivity contribution in [2.75, 3.05) is 6.54 Å². The van der Waals surface area contributed by atoms with Crippen LogP contribution in [0.25, 0.3) is 10.6 Å². The first kappa shape index (κ1) is 16.8. The van der Waals surface area contributed by atoms with Gasteiger partial charge in [0.2, 0.25) is 5.91 Å². The second kappa shape index (κ2) is 7.30. The van der Waals surface area contributed by atoms with Crippen molar-refractivity contribution in [3.05, 3.63) is 71.2 Å². The highest BCUT2D eigenvalue weighted by molar-refractivity contribution is 7.13. The average molecular weight is 364 g/mol. The molecule has 0 spiro atoms. The molecule has 1 aliphatic heterocycles. The molecule has 1 fully saturated rings. The van der Waals surface area contributed by atoms with E-state index in [4.69, 9.17) is 0 Å². The van der Waals surface area contributed by atoms with E-state index in [2.05, 4.69) is 4.98 Å². The van der Waals surface area contributed by atoms with Crippen molar-refractivity contribution in [2.45, 2.75) is 25.3 Å². The van der Waals surface area contributed by atoms with E-state index in [-0.39, 0.29) is 17.7 Å². The lowest BCUT2D eigenvalue weighted by molar-refractivity contribution is -0.131. The Morgan fingerprint density at radius 2 is 1.92 bits per heavy atom. The van der Waals surface area contributed by atoms with Crippen LogP contribution in [0.2, 0.25) is 0 Å². The van der Waals surface area contributed by atoms with Crippen LogP contribution in [0.4, 0.5) is 0 Å².